The van der Waals surface area contributed by atoms with E-state index in [1.165, 1.54) is 7.11 Å². The van der Waals surface area contributed by atoms with Crippen molar-refractivity contribution in [2.75, 3.05) is 14.2 Å². The lowest BCUT2D eigenvalue weighted by atomic mass is 9.97. The molecule has 18 heavy (non-hydrogen) atoms. The third-order valence-corrected chi connectivity index (χ3v) is 2.71. The minimum absolute atomic E-state index is 0.0192. The number of nitriles is 1. The number of nitrogens with zero attached hydrogens (tertiary/aromatic N) is 1. The van der Waals surface area contributed by atoms with Crippen molar-refractivity contribution in [3.8, 4) is 11.8 Å². The molecule has 94 valence electrons. The van der Waals surface area contributed by atoms with E-state index < -0.39 is 5.97 Å². The van der Waals surface area contributed by atoms with E-state index in [-0.39, 0.29) is 5.57 Å². The van der Waals surface area contributed by atoms with Crippen molar-refractivity contribution in [3.05, 3.63) is 34.9 Å². The van der Waals surface area contributed by atoms with Crippen LogP contribution in [0.1, 0.15) is 18.1 Å². The lowest BCUT2D eigenvalue weighted by Gasteiger charge is -2.09. The highest BCUT2D eigenvalue weighted by molar-refractivity contribution is 6.01. The van der Waals surface area contributed by atoms with Gasteiger partial charge in [0.1, 0.15) is 17.4 Å². The number of ether oxygens (including phenoxy) is 2. The summed E-state index contributed by atoms with van der Waals surface area (Å²) in [5.74, 6) is 0.117. The fourth-order valence-electron chi connectivity index (χ4n) is 1.70. The first kappa shape index (κ1) is 13.8. The number of esters is 1. The maximum absolute atomic E-state index is 11.5. The van der Waals surface area contributed by atoms with E-state index in [4.69, 9.17) is 10.00 Å². The zero-order valence-electron chi connectivity index (χ0n) is 10.9. The summed E-state index contributed by atoms with van der Waals surface area (Å²) in [5, 5.41) is 9.02. The highest BCUT2D eigenvalue weighted by Crippen LogP contribution is 2.25. The van der Waals surface area contributed by atoms with Crippen LogP contribution in [0.4, 0.5) is 0 Å². The fraction of sp³-hybridized carbons (Fsp3) is 0.286. The summed E-state index contributed by atoms with van der Waals surface area (Å²) in [6.45, 7) is 3.62. The summed E-state index contributed by atoms with van der Waals surface area (Å²) >= 11 is 0. The van der Waals surface area contributed by atoms with Crippen LogP contribution in [-0.4, -0.2) is 20.2 Å². The second-order valence-corrected chi connectivity index (χ2v) is 3.78. The molecule has 0 unspecified atom stereocenters. The molecule has 1 aromatic rings. The smallest absolute Gasteiger partial charge is 0.348 e. The lowest BCUT2D eigenvalue weighted by Crippen LogP contribution is -2.05. The molecule has 4 heteroatoms. The second-order valence-electron chi connectivity index (χ2n) is 3.78. The molecule has 0 spiro atoms. The molecule has 0 fully saturated rings. The van der Waals surface area contributed by atoms with Crippen molar-refractivity contribution < 1.29 is 14.3 Å². The zero-order valence-corrected chi connectivity index (χ0v) is 10.9. The first-order chi connectivity index (χ1) is 8.54. The first-order valence-electron chi connectivity index (χ1n) is 5.39. The molecule has 0 saturated heterocycles. The highest BCUT2D eigenvalue weighted by atomic mass is 16.5. The number of hydrogen-bond donors (Lipinski definition) is 0. The minimum Gasteiger partial charge on any atom is -0.497 e. The Labute approximate surface area is 106 Å². The van der Waals surface area contributed by atoms with Crippen LogP contribution in [0, 0.1) is 18.3 Å². The number of rotatable bonds is 3. The molecule has 0 bridgehead atoms. The third-order valence-electron chi connectivity index (χ3n) is 2.71. The Morgan fingerprint density at radius 3 is 2.44 bits per heavy atom. The molecule has 0 atom stereocenters. The van der Waals surface area contributed by atoms with Crippen LogP contribution in [0.2, 0.25) is 0 Å². The number of aryl methyl sites for hydroxylation is 1. The molecule has 4 nitrogen and oxygen atoms in total. The van der Waals surface area contributed by atoms with Gasteiger partial charge < -0.3 is 9.47 Å². The van der Waals surface area contributed by atoms with Crippen molar-refractivity contribution in [1.82, 2.24) is 0 Å². The van der Waals surface area contributed by atoms with Crippen LogP contribution in [0.25, 0.3) is 5.57 Å². The molecule has 0 radical (unpaired) electrons. The number of methoxy groups -OCH3 is 2. The van der Waals surface area contributed by atoms with Crippen molar-refractivity contribution in [2.24, 2.45) is 0 Å². The molecular formula is C14H15NO3. The molecule has 1 aromatic carbocycles. The van der Waals surface area contributed by atoms with Crippen molar-refractivity contribution in [2.45, 2.75) is 13.8 Å². The van der Waals surface area contributed by atoms with Crippen LogP contribution < -0.4 is 4.74 Å². The fourth-order valence-corrected chi connectivity index (χ4v) is 1.70. The summed E-state index contributed by atoms with van der Waals surface area (Å²) in [7, 11) is 2.85. The zero-order chi connectivity index (χ0) is 13.7. The quantitative estimate of drug-likeness (QED) is 0.466. The number of hydrogen-bond acceptors (Lipinski definition) is 4. The van der Waals surface area contributed by atoms with Gasteiger partial charge in [0.05, 0.1) is 14.2 Å². The van der Waals surface area contributed by atoms with Gasteiger partial charge in [-0.15, -0.1) is 0 Å². The van der Waals surface area contributed by atoms with Gasteiger partial charge >= 0.3 is 5.97 Å². The Hall–Kier alpha value is -2.28. The van der Waals surface area contributed by atoms with Crippen molar-refractivity contribution >= 4 is 11.5 Å². The Balaban J connectivity index is 3.33. The van der Waals surface area contributed by atoms with Crippen LogP contribution in [-0.2, 0) is 9.53 Å². The summed E-state index contributed by atoms with van der Waals surface area (Å²) in [5.41, 5.74) is 2.39. The van der Waals surface area contributed by atoms with Gasteiger partial charge in [-0.1, -0.05) is 6.07 Å². The first-order valence-corrected chi connectivity index (χ1v) is 5.39. The molecule has 0 heterocycles. The van der Waals surface area contributed by atoms with Crippen molar-refractivity contribution in [1.29, 1.82) is 5.26 Å². The van der Waals surface area contributed by atoms with Crippen LogP contribution in [0.5, 0.6) is 5.75 Å². The molecule has 0 amide bonds. The SMILES string of the molecule is COC(=O)C(C#N)=C(C)c1ccc(OC)cc1C. The molecule has 1 rings (SSSR count). The Kier molecular flexibility index (Phi) is 4.50. The lowest BCUT2D eigenvalue weighted by molar-refractivity contribution is -0.135. The van der Waals surface area contributed by atoms with E-state index in [0.717, 1.165) is 16.9 Å². The number of carbonyl (C=O) groups is 1. The van der Waals surface area contributed by atoms with Gasteiger partial charge in [0.2, 0.25) is 0 Å². The van der Waals surface area contributed by atoms with E-state index in [9.17, 15) is 4.79 Å². The topological polar surface area (TPSA) is 59.3 Å². The summed E-state index contributed by atoms with van der Waals surface area (Å²) in [4.78, 5) is 11.5. The standard InChI is InChI=1S/C14H15NO3/c1-9-7-11(17-3)5-6-12(9)10(2)13(8-15)14(16)18-4/h5-7H,1-4H3. The Morgan fingerprint density at radius 1 is 1.33 bits per heavy atom. The van der Waals surface area contributed by atoms with Gasteiger partial charge in [0, 0.05) is 0 Å². The summed E-state index contributed by atoms with van der Waals surface area (Å²) in [6.07, 6.45) is 0. The van der Waals surface area contributed by atoms with E-state index >= 15 is 0 Å². The van der Waals surface area contributed by atoms with Crippen molar-refractivity contribution in [3.63, 3.8) is 0 Å². The molecule has 0 aliphatic heterocycles. The number of allylic oxidation sites excluding steroid dienone is 1. The Bertz CT molecular complexity index is 538. The summed E-state index contributed by atoms with van der Waals surface area (Å²) < 4.78 is 9.70. The number of carbonyl (C=O) groups excluding carboxylic acids is 1. The molecule has 0 N–H and O–H groups in total. The molecule has 0 aromatic heterocycles. The van der Waals surface area contributed by atoms with Gasteiger partial charge in [0.25, 0.3) is 0 Å². The Morgan fingerprint density at radius 2 is 2.00 bits per heavy atom. The van der Waals surface area contributed by atoms with Gasteiger partial charge in [-0.25, -0.2) is 4.79 Å². The number of benzene rings is 1. The van der Waals surface area contributed by atoms with Crippen LogP contribution >= 0.6 is 0 Å². The average molecular weight is 245 g/mol. The van der Waals surface area contributed by atoms with E-state index in [0.29, 0.717) is 5.57 Å². The third kappa shape index (κ3) is 2.69. The second kappa shape index (κ2) is 5.87. The predicted octanol–water partition coefficient (Wildman–Crippen LogP) is 2.47. The van der Waals surface area contributed by atoms with Crippen LogP contribution in [0.15, 0.2) is 23.8 Å². The van der Waals surface area contributed by atoms with E-state index in [1.807, 2.05) is 25.1 Å². The predicted molar refractivity (Wildman–Crippen MR) is 68.0 cm³/mol. The maximum Gasteiger partial charge on any atom is 0.348 e. The van der Waals surface area contributed by atoms with Gasteiger partial charge in [-0.05, 0) is 42.7 Å². The van der Waals surface area contributed by atoms with Gasteiger partial charge in [0.15, 0.2) is 0 Å². The molecule has 0 aliphatic rings. The molecule has 0 aliphatic carbocycles. The monoisotopic (exact) mass is 245 g/mol. The normalized spacial score (nSPS) is 11.3. The molecule has 0 saturated carbocycles. The largest absolute Gasteiger partial charge is 0.497 e. The molecular weight excluding hydrogens is 230 g/mol. The summed E-state index contributed by atoms with van der Waals surface area (Å²) in [6, 6.07) is 7.35. The average Bonchev–Trinajstić information content (AvgIpc) is 2.38. The highest BCUT2D eigenvalue weighted by Gasteiger charge is 2.15. The van der Waals surface area contributed by atoms with Gasteiger partial charge in [-0.3, -0.25) is 0 Å². The van der Waals surface area contributed by atoms with E-state index in [2.05, 4.69) is 4.74 Å². The van der Waals surface area contributed by atoms with Crippen LogP contribution in [0.3, 0.4) is 0 Å². The maximum atomic E-state index is 11.5. The minimum atomic E-state index is -0.620. The van der Waals surface area contributed by atoms with Gasteiger partial charge in [-0.2, -0.15) is 5.26 Å². The van der Waals surface area contributed by atoms with E-state index in [1.54, 1.807) is 20.1 Å².